The summed E-state index contributed by atoms with van der Waals surface area (Å²) in [5.74, 6) is 4.57. The van der Waals surface area contributed by atoms with Gasteiger partial charge in [0.2, 0.25) is 0 Å². The number of aromatic nitrogens is 3. The van der Waals surface area contributed by atoms with E-state index in [0.717, 1.165) is 0 Å². The number of hydrazine groups is 1. The molecule has 7 rings (SSSR count). The fraction of sp³-hybridized carbons (Fsp3) is 0.240. The third kappa shape index (κ3) is 2.68. The quantitative estimate of drug-likeness (QED) is 0.112. The lowest BCUT2D eigenvalue weighted by Gasteiger charge is -2.40. The van der Waals surface area contributed by atoms with Crippen LogP contribution in [0.1, 0.15) is 26.9 Å². The largest absolute Gasteiger partial charge is 0.394 e. The Kier molecular flexibility index (Phi) is 4.55. The Bertz CT molecular complexity index is 1790. The molecule has 188 valence electrons. The molecule has 2 amide bonds. The molecule has 2 aliphatic rings. The number of para-hydroxylation sites is 1. The second-order valence-corrected chi connectivity index (χ2v) is 9.34. The van der Waals surface area contributed by atoms with Gasteiger partial charge >= 0.3 is 0 Å². The smallest absolute Gasteiger partial charge is 0.276 e. The molecule has 0 saturated carbocycles. The van der Waals surface area contributed by atoms with Crippen LogP contribution >= 0.6 is 0 Å². The molecule has 0 bridgehead atoms. The summed E-state index contributed by atoms with van der Waals surface area (Å²) >= 11 is 0. The van der Waals surface area contributed by atoms with Gasteiger partial charge in [-0.05, 0) is 18.2 Å². The fourth-order valence-electron chi connectivity index (χ4n) is 5.77. The van der Waals surface area contributed by atoms with Crippen LogP contribution in [0, 0.1) is 0 Å². The van der Waals surface area contributed by atoms with Crippen LogP contribution in [-0.2, 0) is 4.74 Å². The van der Waals surface area contributed by atoms with Crippen molar-refractivity contribution in [1.82, 2.24) is 19.5 Å². The number of imide groups is 1. The van der Waals surface area contributed by atoms with Gasteiger partial charge in [-0.15, -0.1) is 0 Å². The number of benzene rings is 2. The number of nitrogens with one attached hydrogen (secondary N) is 1. The molecule has 0 unspecified atom stereocenters. The Hall–Kier alpha value is -3.91. The highest BCUT2D eigenvalue weighted by Crippen LogP contribution is 2.46. The minimum Gasteiger partial charge on any atom is -0.394 e. The van der Waals surface area contributed by atoms with E-state index in [1.807, 2.05) is 24.3 Å². The lowest BCUT2D eigenvalue weighted by atomic mass is 9.96. The molecule has 0 spiro atoms. The minimum absolute atomic E-state index is 0.0982. The van der Waals surface area contributed by atoms with E-state index >= 15 is 0 Å². The van der Waals surface area contributed by atoms with Crippen molar-refractivity contribution in [3.05, 3.63) is 53.7 Å². The van der Waals surface area contributed by atoms with E-state index in [1.165, 1.54) is 10.8 Å². The maximum atomic E-state index is 13.4. The van der Waals surface area contributed by atoms with Crippen molar-refractivity contribution in [1.29, 1.82) is 0 Å². The fourth-order valence-corrected chi connectivity index (χ4v) is 5.77. The number of ether oxygens (including phenoxy) is 1. The Balaban J connectivity index is 1.71. The van der Waals surface area contributed by atoms with Gasteiger partial charge in [0.1, 0.15) is 30.1 Å². The topological polar surface area (TPSA) is 187 Å². The molecule has 37 heavy (non-hydrogen) atoms. The number of rotatable bonds is 2. The van der Waals surface area contributed by atoms with Crippen LogP contribution in [0.5, 0.6) is 0 Å². The Morgan fingerprint density at radius 3 is 2.41 bits per heavy atom. The number of amides is 2. The molecule has 12 nitrogen and oxygen atoms in total. The number of carbonyl (C=O) groups excluding carboxylic acids is 2. The number of pyridine rings is 1. The Morgan fingerprint density at radius 1 is 0.946 bits per heavy atom. The first-order valence-electron chi connectivity index (χ1n) is 11.6. The van der Waals surface area contributed by atoms with Crippen LogP contribution < -0.4 is 5.84 Å². The second kappa shape index (κ2) is 7.55. The summed E-state index contributed by atoms with van der Waals surface area (Å²) in [5.41, 5.74) is 2.11. The number of aromatic amines is 1. The zero-order chi connectivity index (χ0) is 25.7. The number of aliphatic hydroxyl groups is 4. The van der Waals surface area contributed by atoms with Crippen LogP contribution in [0.2, 0.25) is 0 Å². The van der Waals surface area contributed by atoms with Crippen molar-refractivity contribution in [2.24, 2.45) is 5.84 Å². The molecule has 7 N–H and O–H groups in total. The zero-order valence-electron chi connectivity index (χ0n) is 19.1. The van der Waals surface area contributed by atoms with Crippen LogP contribution in [0.3, 0.4) is 0 Å². The first-order chi connectivity index (χ1) is 17.8. The van der Waals surface area contributed by atoms with Gasteiger partial charge in [0.15, 0.2) is 6.23 Å². The van der Waals surface area contributed by atoms with Gasteiger partial charge in [-0.2, -0.15) is 0 Å². The standard InChI is InChI=1S/C25H21N5O7/c26-30-23(35)15-13-9-4-1-2-6-11(9)28-17(13)18-14(16(15)24(30)36)10-5-3-7-27-22(10)29(18)25-21(34)20(33)19(32)12(8-31)37-25/h1-7,12,19-21,25,28,31-34H,8,26H2/t12-,19-,20+,21-,25-/m1/s1. The monoisotopic (exact) mass is 503 g/mol. The van der Waals surface area contributed by atoms with Crippen LogP contribution in [0.25, 0.3) is 43.7 Å². The SMILES string of the molecule is NN1C(=O)c2c(c3c4cccnc4n([C@@H]4O[C@H](CO)[C@@H](O)[C@H](O)[C@H]4O)c3c3[nH]c4ccccc4c23)C1=O. The van der Waals surface area contributed by atoms with E-state index in [0.29, 0.717) is 48.8 Å². The van der Waals surface area contributed by atoms with Gasteiger partial charge < -0.3 is 30.1 Å². The Labute approximate surface area is 207 Å². The van der Waals surface area contributed by atoms with Gasteiger partial charge in [0.05, 0.1) is 28.8 Å². The van der Waals surface area contributed by atoms with E-state index < -0.39 is 49.1 Å². The first kappa shape index (κ1) is 22.3. The van der Waals surface area contributed by atoms with Crippen molar-refractivity contribution in [2.45, 2.75) is 30.6 Å². The molecule has 1 saturated heterocycles. The van der Waals surface area contributed by atoms with Gasteiger partial charge in [-0.1, -0.05) is 18.2 Å². The van der Waals surface area contributed by atoms with Crippen molar-refractivity contribution >= 4 is 55.6 Å². The molecule has 0 aliphatic carbocycles. The Morgan fingerprint density at radius 2 is 1.65 bits per heavy atom. The van der Waals surface area contributed by atoms with Crippen molar-refractivity contribution in [3.8, 4) is 0 Å². The average Bonchev–Trinajstić information content (AvgIpc) is 3.53. The number of carbonyl (C=O) groups is 2. The summed E-state index contributed by atoms with van der Waals surface area (Å²) in [6.07, 6.45) is -5.77. The summed E-state index contributed by atoms with van der Waals surface area (Å²) in [6.45, 7) is -0.613. The maximum Gasteiger partial charge on any atom is 0.276 e. The maximum absolute atomic E-state index is 13.4. The highest BCUT2D eigenvalue weighted by atomic mass is 16.6. The number of hydrogen-bond donors (Lipinski definition) is 6. The molecule has 1 fully saturated rings. The molecular weight excluding hydrogens is 482 g/mol. The molecule has 5 aromatic rings. The molecule has 3 aromatic heterocycles. The van der Waals surface area contributed by atoms with Crippen molar-refractivity contribution < 1.29 is 34.8 Å². The molecule has 2 aromatic carbocycles. The minimum atomic E-state index is -1.64. The van der Waals surface area contributed by atoms with Gasteiger partial charge in [-0.25, -0.2) is 15.8 Å². The molecule has 2 aliphatic heterocycles. The predicted octanol–water partition coefficient (Wildman–Crippen LogP) is 0.266. The summed E-state index contributed by atoms with van der Waals surface area (Å²) in [7, 11) is 0. The number of hydrogen-bond acceptors (Lipinski definition) is 9. The van der Waals surface area contributed by atoms with Crippen molar-refractivity contribution in [3.63, 3.8) is 0 Å². The highest BCUT2D eigenvalue weighted by Gasteiger charge is 2.47. The normalized spacial score (nSPS) is 26.3. The summed E-state index contributed by atoms with van der Waals surface area (Å²) in [6, 6.07) is 10.7. The summed E-state index contributed by atoms with van der Waals surface area (Å²) < 4.78 is 7.44. The van der Waals surface area contributed by atoms with Gasteiger partial charge in [0.25, 0.3) is 11.8 Å². The zero-order valence-corrected chi connectivity index (χ0v) is 19.1. The van der Waals surface area contributed by atoms with Crippen LogP contribution in [0.4, 0.5) is 0 Å². The van der Waals surface area contributed by atoms with Gasteiger partial charge in [-0.3, -0.25) is 14.2 Å². The number of nitrogens with zero attached hydrogens (tertiary/aromatic N) is 3. The number of nitrogens with two attached hydrogens (primary N) is 1. The highest BCUT2D eigenvalue weighted by molar-refractivity contribution is 6.38. The summed E-state index contributed by atoms with van der Waals surface area (Å²) in [4.78, 5) is 34.4. The van der Waals surface area contributed by atoms with Crippen LogP contribution in [0.15, 0.2) is 42.6 Å². The first-order valence-corrected chi connectivity index (χ1v) is 11.6. The van der Waals surface area contributed by atoms with Gasteiger partial charge in [0, 0.05) is 33.3 Å². The summed E-state index contributed by atoms with van der Waals surface area (Å²) in [5, 5.41) is 44.3. The predicted molar refractivity (Wildman–Crippen MR) is 130 cm³/mol. The number of H-pyrrole nitrogens is 1. The second-order valence-electron chi connectivity index (χ2n) is 9.34. The lowest BCUT2D eigenvalue weighted by molar-refractivity contribution is -0.249. The molecular formula is C25H21N5O7. The molecule has 5 atom stereocenters. The van der Waals surface area contributed by atoms with E-state index in [1.54, 1.807) is 12.1 Å². The van der Waals surface area contributed by atoms with E-state index in [-0.39, 0.29) is 11.1 Å². The van der Waals surface area contributed by atoms with Crippen molar-refractivity contribution in [2.75, 3.05) is 6.61 Å². The molecule has 12 heteroatoms. The van der Waals surface area contributed by atoms with E-state index in [4.69, 9.17) is 10.6 Å². The van der Waals surface area contributed by atoms with Crippen LogP contribution in [-0.4, -0.2) is 82.8 Å². The average molecular weight is 503 g/mol. The molecule has 5 heterocycles. The number of aliphatic hydroxyl groups excluding tert-OH is 4. The lowest BCUT2D eigenvalue weighted by Crippen LogP contribution is -2.56. The van der Waals surface area contributed by atoms with E-state index in [9.17, 15) is 30.0 Å². The third-order valence-electron chi connectivity index (χ3n) is 7.44. The third-order valence-corrected chi connectivity index (χ3v) is 7.44. The number of fused-ring (bicyclic) bond motifs is 10. The van der Waals surface area contributed by atoms with E-state index in [2.05, 4.69) is 9.97 Å². The molecule has 0 radical (unpaired) electrons.